The zero-order valence-electron chi connectivity index (χ0n) is 16.7. The zero-order chi connectivity index (χ0) is 20.0. The highest BCUT2D eigenvalue weighted by molar-refractivity contribution is 5.92. The number of benzene rings is 3. The molecule has 0 heterocycles. The molecule has 0 atom stereocenters. The highest BCUT2D eigenvalue weighted by atomic mass is 16.1. The van der Waals surface area contributed by atoms with E-state index >= 15 is 0 Å². The van der Waals surface area contributed by atoms with Crippen molar-refractivity contribution in [2.75, 3.05) is 0 Å². The highest BCUT2D eigenvalue weighted by Crippen LogP contribution is 2.23. The summed E-state index contributed by atoms with van der Waals surface area (Å²) in [6.45, 7) is 6.58. The summed E-state index contributed by atoms with van der Waals surface area (Å²) in [6, 6.07) is 28.2. The van der Waals surface area contributed by atoms with E-state index in [1.807, 2.05) is 66.7 Å². The van der Waals surface area contributed by atoms with Gasteiger partial charge in [-0.15, -0.1) is 0 Å². The van der Waals surface area contributed by atoms with Crippen LogP contribution in [0.3, 0.4) is 0 Å². The second-order valence-electron chi connectivity index (χ2n) is 7.97. The maximum absolute atomic E-state index is 12.6. The van der Waals surface area contributed by atoms with E-state index in [4.69, 9.17) is 0 Å². The van der Waals surface area contributed by atoms with Gasteiger partial charge in [-0.05, 0) is 33.7 Å². The van der Waals surface area contributed by atoms with Crippen LogP contribution in [-0.4, -0.2) is 5.91 Å². The third-order valence-electron chi connectivity index (χ3n) is 4.76. The Morgan fingerprint density at radius 2 is 1.29 bits per heavy atom. The summed E-state index contributed by atoms with van der Waals surface area (Å²) in [6.07, 6.45) is 3.46. The summed E-state index contributed by atoms with van der Waals surface area (Å²) in [5, 5.41) is 3.13. The first-order valence-electron chi connectivity index (χ1n) is 9.62. The summed E-state index contributed by atoms with van der Waals surface area (Å²) in [5.74, 6) is -0.113. The molecule has 0 aliphatic carbocycles. The fraction of sp³-hybridized carbons (Fsp3) is 0.192. The number of hydrogen-bond donors (Lipinski definition) is 1. The SMILES string of the molecule is CC(C)(C)c1ccc(C=CC(=O)NC(c2ccccc2)c2ccccc2)cc1. The molecule has 0 aromatic heterocycles. The Hall–Kier alpha value is -3.13. The van der Waals surface area contributed by atoms with Gasteiger partial charge in [-0.2, -0.15) is 0 Å². The molecule has 28 heavy (non-hydrogen) atoms. The van der Waals surface area contributed by atoms with Gasteiger partial charge < -0.3 is 5.32 Å². The summed E-state index contributed by atoms with van der Waals surface area (Å²) in [5.41, 5.74) is 4.54. The Kier molecular flexibility index (Phi) is 6.10. The van der Waals surface area contributed by atoms with Crippen molar-refractivity contribution in [2.24, 2.45) is 0 Å². The lowest BCUT2D eigenvalue weighted by Crippen LogP contribution is -2.27. The molecule has 1 amide bonds. The monoisotopic (exact) mass is 369 g/mol. The average Bonchev–Trinajstić information content (AvgIpc) is 2.71. The summed E-state index contributed by atoms with van der Waals surface area (Å²) in [7, 11) is 0. The topological polar surface area (TPSA) is 29.1 Å². The molecule has 0 bridgehead atoms. The van der Waals surface area contributed by atoms with Gasteiger partial charge in [-0.1, -0.05) is 106 Å². The van der Waals surface area contributed by atoms with Crippen molar-refractivity contribution in [3.63, 3.8) is 0 Å². The third-order valence-corrected chi connectivity index (χ3v) is 4.76. The molecule has 0 unspecified atom stereocenters. The quantitative estimate of drug-likeness (QED) is 0.557. The molecule has 0 aliphatic rings. The van der Waals surface area contributed by atoms with Crippen LogP contribution < -0.4 is 5.32 Å². The minimum atomic E-state index is -0.178. The number of carbonyl (C=O) groups is 1. The highest BCUT2D eigenvalue weighted by Gasteiger charge is 2.15. The Balaban J connectivity index is 1.74. The van der Waals surface area contributed by atoms with E-state index in [-0.39, 0.29) is 17.4 Å². The Bertz CT molecular complexity index is 880. The minimum Gasteiger partial charge on any atom is -0.342 e. The number of carbonyl (C=O) groups excluding carboxylic acids is 1. The molecule has 3 rings (SSSR count). The molecule has 0 radical (unpaired) electrons. The fourth-order valence-electron chi connectivity index (χ4n) is 3.11. The van der Waals surface area contributed by atoms with Gasteiger partial charge in [0.1, 0.15) is 0 Å². The van der Waals surface area contributed by atoms with Crippen molar-refractivity contribution in [3.8, 4) is 0 Å². The fourth-order valence-corrected chi connectivity index (χ4v) is 3.11. The Morgan fingerprint density at radius 1 is 0.786 bits per heavy atom. The van der Waals surface area contributed by atoms with E-state index in [9.17, 15) is 4.79 Å². The smallest absolute Gasteiger partial charge is 0.244 e. The van der Waals surface area contributed by atoms with Crippen LogP contribution in [-0.2, 0) is 10.2 Å². The molecule has 2 heteroatoms. The lowest BCUT2D eigenvalue weighted by Gasteiger charge is -2.19. The van der Waals surface area contributed by atoms with Crippen LogP contribution in [0.5, 0.6) is 0 Å². The summed E-state index contributed by atoms with van der Waals surface area (Å²) >= 11 is 0. The van der Waals surface area contributed by atoms with E-state index < -0.39 is 0 Å². The van der Waals surface area contributed by atoms with Crippen LogP contribution in [0.2, 0.25) is 0 Å². The molecule has 3 aromatic carbocycles. The predicted molar refractivity (Wildman–Crippen MR) is 117 cm³/mol. The van der Waals surface area contributed by atoms with Crippen molar-refractivity contribution in [1.29, 1.82) is 0 Å². The minimum absolute atomic E-state index is 0.113. The third kappa shape index (κ3) is 5.20. The van der Waals surface area contributed by atoms with Crippen LogP contribution in [0, 0.1) is 0 Å². The van der Waals surface area contributed by atoms with E-state index in [2.05, 4.69) is 50.4 Å². The Morgan fingerprint density at radius 3 is 1.75 bits per heavy atom. The van der Waals surface area contributed by atoms with E-state index in [1.54, 1.807) is 6.08 Å². The van der Waals surface area contributed by atoms with Gasteiger partial charge in [0.15, 0.2) is 0 Å². The first-order chi connectivity index (χ1) is 13.4. The molecule has 0 saturated carbocycles. The second kappa shape index (κ2) is 8.71. The van der Waals surface area contributed by atoms with Crippen molar-refractivity contribution in [1.82, 2.24) is 5.32 Å². The number of hydrogen-bond acceptors (Lipinski definition) is 1. The second-order valence-corrected chi connectivity index (χ2v) is 7.97. The van der Waals surface area contributed by atoms with Crippen molar-refractivity contribution < 1.29 is 4.79 Å². The number of amides is 1. The maximum Gasteiger partial charge on any atom is 0.244 e. The van der Waals surface area contributed by atoms with Crippen molar-refractivity contribution in [3.05, 3.63) is 113 Å². The lowest BCUT2D eigenvalue weighted by atomic mass is 9.87. The lowest BCUT2D eigenvalue weighted by molar-refractivity contribution is -0.116. The molecular formula is C26H27NO. The average molecular weight is 370 g/mol. The summed E-state index contributed by atoms with van der Waals surface area (Å²) < 4.78 is 0. The Labute approximate surface area is 167 Å². The number of rotatable bonds is 5. The molecule has 0 aliphatic heterocycles. The molecule has 0 saturated heterocycles. The van der Waals surface area contributed by atoms with Gasteiger partial charge in [-0.3, -0.25) is 4.79 Å². The van der Waals surface area contributed by atoms with Gasteiger partial charge >= 0.3 is 0 Å². The van der Waals surface area contributed by atoms with Crippen LogP contribution in [0.1, 0.15) is 49.1 Å². The molecule has 1 N–H and O–H groups in total. The molecule has 3 aromatic rings. The van der Waals surface area contributed by atoms with E-state index in [0.717, 1.165) is 16.7 Å². The number of nitrogens with one attached hydrogen (secondary N) is 1. The maximum atomic E-state index is 12.6. The molecule has 142 valence electrons. The van der Waals surface area contributed by atoms with Gasteiger partial charge in [-0.25, -0.2) is 0 Å². The van der Waals surface area contributed by atoms with Gasteiger partial charge in [0, 0.05) is 6.08 Å². The van der Waals surface area contributed by atoms with Gasteiger partial charge in [0.2, 0.25) is 5.91 Å². The molecular weight excluding hydrogens is 342 g/mol. The van der Waals surface area contributed by atoms with Gasteiger partial charge in [0.05, 0.1) is 6.04 Å². The van der Waals surface area contributed by atoms with E-state index in [0.29, 0.717) is 0 Å². The van der Waals surface area contributed by atoms with Crippen LogP contribution >= 0.6 is 0 Å². The normalized spacial score (nSPS) is 11.7. The molecule has 2 nitrogen and oxygen atoms in total. The molecule has 0 fully saturated rings. The molecule has 0 spiro atoms. The summed E-state index contributed by atoms with van der Waals surface area (Å²) in [4.78, 5) is 12.6. The van der Waals surface area contributed by atoms with E-state index in [1.165, 1.54) is 5.56 Å². The zero-order valence-corrected chi connectivity index (χ0v) is 16.7. The van der Waals surface area contributed by atoms with Crippen molar-refractivity contribution >= 4 is 12.0 Å². The first kappa shape index (κ1) is 19.6. The van der Waals surface area contributed by atoms with Crippen LogP contribution in [0.15, 0.2) is 91.0 Å². The first-order valence-corrected chi connectivity index (χ1v) is 9.62. The standard InChI is InChI=1S/C26H27NO/c1-26(2,3)23-17-14-20(15-18-23)16-19-24(28)27-25(21-10-6-4-7-11-21)22-12-8-5-9-13-22/h4-19,25H,1-3H3,(H,27,28). The van der Waals surface area contributed by atoms with Crippen LogP contribution in [0.25, 0.3) is 6.08 Å². The largest absolute Gasteiger partial charge is 0.342 e. The van der Waals surface area contributed by atoms with Crippen LogP contribution in [0.4, 0.5) is 0 Å². The predicted octanol–water partition coefficient (Wildman–Crippen LogP) is 5.90. The van der Waals surface area contributed by atoms with Gasteiger partial charge in [0.25, 0.3) is 0 Å². The van der Waals surface area contributed by atoms with Crippen molar-refractivity contribution in [2.45, 2.75) is 32.2 Å².